The normalized spacial score (nSPS) is 33.4. The van der Waals surface area contributed by atoms with Crippen LogP contribution in [0.15, 0.2) is 24.3 Å². The lowest BCUT2D eigenvalue weighted by Gasteiger charge is -2.25. The Kier molecular flexibility index (Phi) is 3.89. The maximum Gasteiger partial charge on any atom is 0.324 e. The van der Waals surface area contributed by atoms with Gasteiger partial charge in [-0.3, -0.25) is 9.59 Å². The van der Waals surface area contributed by atoms with Gasteiger partial charge in [-0.2, -0.15) is 0 Å². The van der Waals surface area contributed by atoms with Gasteiger partial charge in [0.2, 0.25) is 0 Å². The first kappa shape index (κ1) is 16.5. The van der Waals surface area contributed by atoms with Crippen LogP contribution in [0.5, 0.6) is 0 Å². The van der Waals surface area contributed by atoms with Gasteiger partial charge in [-0.1, -0.05) is 23.7 Å². The summed E-state index contributed by atoms with van der Waals surface area (Å²) in [5, 5.41) is 24.1. The minimum atomic E-state index is -1.64. The number of para-hydroxylation sites is 1. The predicted octanol–water partition coefficient (Wildman–Crippen LogP) is 0.963. The van der Waals surface area contributed by atoms with E-state index in [1.807, 2.05) is 0 Å². The van der Waals surface area contributed by atoms with E-state index in [0.29, 0.717) is 10.7 Å². The van der Waals surface area contributed by atoms with E-state index >= 15 is 0 Å². The topological polar surface area (TPSA) is 142 Å². The minimum absolute atomic E-state index is 0.0165. The number of nitrogens with two attached hydrogens (primary N) is 1. The van der Waals surface area contributed by atoms with E-state index in [-0.39, 0.29) is 6.42 Å². The van der Waals surface area contributed by atoms with Crippen molar-refractivity contribution in [3.63, 3.8) is 0 Å². The van der Waals surface area contributed by atoms with Gasteiger partial charge in [-0.15, -0.1) is 0 Å². The molecule has 6 N–H and O–H groups in total. The number of nitrogens with one attached hydrogen (secondary N) is 2. The SMILES string of the molecule is NC1(C(=O)O)CC(NC(=O)Nc2ccccc2Cl)C2C(C(=O)O)C21. The molecule has 2 amide bonds. The number of rotatable bonds is 4. The van der Waals surface area contributed by atoms with Crippen molar-refractivity contribution in [2.24, 2.45) is 23.5 Å². The van der Waals surface area contributed by atoms with Gasteiger partial charge < -0.3 is 26.6 Å². The Bertz CT molecular complexity index is 727. The molecule has 1 aromatic rings. The second-order valence-electron chi connectivity index (χ2n) is 6.20. The van der Waals surface area contributed by atoms with Gasteiger partial charge in [0, 0.05) is 12.0 Å². The number of fused-ring (bicyclic) bond motifs is 1. The minimum Gasteiger partial charge on any atom is -0.481 e. The van der Waals surface area contributed by atoms with Crippen LogP contribution < -0.4 is 16.4 Å². The zero-order valence-electron chi connectivity index (χ0n) is 12.4. The fraction of sp³-hybridized carbons (Fsp3) is 0.400. The second kappa shape index (κ2) is 5.64. The van der Waals surface area contributed by atoms with Crippen LogP contribution in [-0.4, -0.2) is 39.8 Å². The van der Waals surface area contributed by atoms with Gasteiger partial charge in [-0.05, 0) is 24.5 Å². The standard InChI is InChI=1S/C15H16ClN3O5/c16-6-3-1-2-4-7(6)18-14(24)19-8-5-15(17,13(22)23)11-9(8)10(11)12(20)21/h1-4,8-11H,5,17H2,(H,20,21)(H,22,23)(H2,18,19,24). The van der Waals surface area contributed by atoms with Crippen LogP contribution in [0.4, 0.5) is 10.5 Å². The Hall–Kier alpha value is -2.32. The molecule has 0 radical (unpaired) electrons. The fourth-order valence-corrected chi connectivity index (χ4v) is 3.90. The maximum atomic E-state index is 12.1. The molecule has 5 unspecified atom stereocenters. The lowest BCUT2D eigenvalue weighted by Crippen LogP contribution is -2.52. The quantitative estimate of drug-likeness (QED) is 0.546. The molecule has 128 valence electrons. The van der Waals surface area contributed by atoms with Crippen molar-refractivity contribution >= 4 is 35.3 Å². The number of carbonyl (C=O) groups excluding carboxylic acids is 1. The molecule has 5 atom stereocenters. The molecule has 9 heteroatoms. The van der Waals surface area contributed by atoms with Crippen molar-refractivity contribution in [1.29, 1.82) is 0 Å². The molecule has 1 aromatic carbocycles. The van der Waals surface area contributed by atoms with Gasteiger partial charge in [-0.25, -0.2) is 4.79 Å². The molecule has 2 saturated carbocycles. The molecule has 2 aliphatic carbocycles. The number of aliphatic carboxylic acids is 2. The van der Waals surface area contributed by atoms with Crippen molar-refractivity contribution < 1.29 is 24.6 Å². The average molecular weight is 354 g/mol. The predicted molar refractivity (Wildman–Crippen MR) is 84.7 cm³/mol. The van der Waals surface area contributed by atoms with Crippen molar-refractivity contribution in [3.05, 3.63) is 29.3 Å². The Morgan fingerprint density at radius 3 is 2.50 bits per heavy atom. The Morgan fingerprint density at radius 1 is 1.25 bits per heavy atom. The van der Waals surface area contributed by atoms with Gasteiger partial charge in [0.25, 0.3) is 0 Å². The maximum absolute atomic E-state index is 12.1. The zero-order valence-corrected chi connectivity index (χ0v) is 13.2. The molecule has 0 aliphatic heterocycles. The lowest BCUT2D eigenvalue weighted by atomic mass is 9.90. The molecule has 0 spiro atoms. The largest absolute Gasteiger partial charge is 0.481 e. The van der Waals surface area contributed by atoms with Gasteiger partial charge in [0.1, 0.15) is 5.54 Å². The van der Waals surface area contributed by atoms with Crippen LogP contribution in [0.1, 0.15) is 6.42 Å². The number of hydrogen-bond donors (Lipinski definition) is 5. The summed E-state index contributed by atoms with van der Waals surface area (Å²) >= 11 is 5.96. The summed E-state index contributed by atoms with van der Waals surface area (Å²) in [5.41, 5.74) is 4.66. The number of anilines is 1. The molecule has 2 aliphatic rings. The van der Waals surface area contributed by atoms with Gasteiger partial charge in [0.15, 0.2) is 0 Å². The first-order chi connectivity index (χ1) is 11.3. The third-order valence-corrected chi connectivity index (χ3v) is 5.14. The Balaban J connectivity index is 1.71. The highest BCUT2D eigenvalue weighted by Gasteiger charge is 2.74. The molecule has 0 aromatic heterocycles. The number of benzene rings is 1. The first-order valence-corrected chi connectivity index (χ1v) is 7.70. The number of hydrogen-bond acceptors (Lipinski definition) is 4. The van der Waals surface area contributed by atoms with E-state index in [0.717, 1.165) is 0 Å². The first-order valence-electron chi connectivity index (χ1n) is 7.33. The van der Waals surface area contributed by atoms with Crippen LogP contribution in [0.25, 0.3) is 0 Å². The summed E-state index contributed by atoms with van der Waals surface area (Å²) in [6, 6.07) is 5.42. The molecular weight excluding hydrogens is 338 g/mol. The monoisotopic (exact) mass is 353 g/mol. The third-order valence-electron chi connectivity index (χ3n) is 4.81. The zero-order chi connectivity index (χ0) is 17.6. The number of amides is 2. The summed E-state index contributed by atoms with van der Waals surface area (Å²) in [6.45, 7) is 0. The number of carboxylic acid groups (broad SMARTS) is 2. The highest BCUT2D eigenvalue weighted by Crippen LogP contribution is 2.61. The highest BCUT2D eigenvalue weighted by molar-refractivity contribution is 6.33. The highest BCUT2D eigenvalue weighted by atomic mass is 35.5. The number of carboxylic acids is 2. The summed E-state index contributed by atoms with van der Waals surface area (Å²) in [4.78, 5) is 34.8. The fourth-order valence-electron chi connectivity index (χ4n) is 3.72. The van der Waals surface area contributed by atoms with Crippen molar-refractivity contribution in [2.45, 2.75) is 18.0 Å². The lowest BCUT2D eigenvalue weighted by molar-refractivity contribution is -0.145. The average Bonchev–Trinajstić information content (AvgIpc) is 3.18. The molecule has 0 bridgehead atoms. The molecule has 3 rings (SSSR count). The van der Waals surface area contributed by atoms with Crippen molar-refractivity contribution in [1.82, 2.24) is 5.32 Å². The van der Waals surface area contributed by atoms with E-state index in [9.17, 15) is 24.6 Å². The Morgan fingerprint density at radius 2 is 1.92 bits per heavy atom. The van der Waals surface area contributed by atoms with E-state index in [1.165, 1.54) is 0 Å². The summed E-state index contributed by atoms with van der Waals surface area (Å²) in [7, 11) is 0. The Labute approximate surface area is 142 Å². The van der Waals surface area contributed by atoms with Crippen LogP contribution >= 0.6 is 11.6 Å². The molecule has 0 heterocycles. The molecule has 8 nitrogen and oxygen atoms in total. The summed E-state index contributed by atoms with van der Waals surface area (Å²) in [6.07, 6.45) is -0.0165. The third kappa shape index (κ3) is 2.57. The van der Waals surface area contributed by atoms with Crippen LogP contribution in [0.2, 0.25) is 5.02 Å². The molecule has 0 saturated heterocycles. The van der Waals surface area contributed by atoms with Gasteiger partial charge in [0.05, 0.1) is 16.6 Å². The number of urea groups is 1. The number of halogens is 1. The second-order valence-corrected chi connectivity index (χ2v) is 6.61. The van der Waals surface area contributed by atoms with E-state index in [4.69, 9.17) is 17.3 Å². The summed E-state index contributed by atoms with van der Waals surface area (Å²) in [5.74, 6) is -4.37. The van der Waals surface area contributed by atoms with Crippen LogP contribution in [0, 0.1) is 17.8 Å². The van der Waals surface area contributed by atoms with Gasteiger partial charge >= 0.3 is 18.0 Å². The van der Waals surface area contributed by atoms with Crippen molar-refractivity contribution in [3.8, 4) is 0 Å². The number of carbonyl (C=O) groups is 3. The molecule has 24 heavy (non-hydrogen) atoms. The molecular formula is C15H16ClN3O5. The summed E-state index contributed by atoms with van der Waals surface area (Å²) < 4.78 is 0. The van der Waals surface area contributed by atoms with Crippen LogP contribution in [0.3, 0.4) is 0 Å². The van der Waals surface area contributed by atoms with E-state index in [2.05, 4.69) is 10.6 Å². The van der Waals surface area contributed by atoms with Crippen molar-refractivity contribution in [2.75, 3.05) is 5.32 Å². The smallest absolute Gasteiger partial charge is 0.324 e. The van der Waals surface area contributed by atoms with E-state index in [1.54, 1.807) is 24.3 Å². The van der Waals surface area contributed by atoms with E-state index < -0.39 is 47.3 Å². The van der Waals surface area contributed by atoms with Crippen LogP contribution in [-0.2, 0) is 9.59 Å². The molecule has 2 fully saturated rings.